The Kier molecular flexibility index (Phi) is 3.82. The standard InChI is InChI=1S/C18H16ClNO/c1-21-13-6-7-14(12(10-13)11-20)16-8-9-18(19)17-5-3-2-4-15(16)17/h2-10H,11,20H2,1H3. The van der Waals surface area contributed by atoms with Gasteiger partial charge in [-0.05, 0) is 40.3 Å². The molecule has 0 aliphatic heterocycles. The van der Waals surface area contributed by atoms with E-state index >= 15 is 0 Å². The highest BCUT2D eigenvalue weighted by atomic mass is 35.5. The monoisotopic (exact) mass is 297 g/mol. The average molecular weight is 298 g/mol. The van der Waals surface area contributed by atoms with Gasteiger partial charge in [0, 0.05) is 17.0 Å². The summed E-state index contributed by atoms with van der Waals surface area (Å²) in [6.07, 6.45) is 0. The number of hydrogen-bond donors (Lipinski definition) is 1. The topological polar surface area (TPSA) is 35.2 Å². The van der Waals surface area contributed by atoms with Gasteiger partial charge in [-0.1, -0.05) is 48.0 Å². The highest BCUT2D eigenvalue weighted by Gasteiger charge is 2.10. The molecule has 106 valence electrons. The number of halogens is 1. The van der Waals surface area contributed by atoms with Crippen LogP contribution in [0.25, 0.3) is 21.9 Å². The fourth-order valence-corrected chi connectivity index (χ4v) is 2.85. The van der Waals surface area contributed by atoms with Crippen LogP contribution in [-0.4, -0.2) is 7.11 Å². The molecule has 0 aromatic heterocycles. The van der Waals surface area contributed by atoms with Crippen LogP contribution in [-0.2, 0) is 6.54 Å². The van der Waals surface area contributed by atoms with E-state index in [9.17, 15) is 0 Å². The molecular formula is C18H16ClNO. The van der Waals surface area contributed by atoms with Crippen molar-refractivity contribution in [3.05, 3.63) is 65.2 Å². The first kappa shape index (κ1) is 13.9. The summed E-state index contributed by atoms with van der Waals surface area (Å²) < 4.78 is 5.28. The van der Waals surface area contributed by atoms with Crippen LogP contribution < -0.4 is 10.5 Å². The van der Waals surface area contributed by atoms with E-state index in [1.165, 1.54) is 0 Å². The van der Waals surface area contributed by atoms with Crippen molar-refractivity contribution in [2.24, 2.45) is 5.73 Å². The zero-order chi connectivity index (χ0) is 14.8. The lowest BCUT2D eigenvalue weighted by Crippen LogP contribution is -2.00. The molecule has 21 heavy (non-hydrogen) atoms. The zero-order valence-corrected chi connectivity index (χ0v) is 12.5. The maximum atomic E-state index is 6.29. The summed E-state index contributed by atoms with van der Waals surface area (Å²) in [6, 6.07) is 18.1. The first-order chi connectivity index (χ1) is 10.2. The third-order valence-electron chi connectivity index (χ3n) is 3.69. The van der Waals surface area contributed by atoms with E-state index in [0.717, 1.165) is 38.2 Å². The van der Waals surface area contributed by atoms with Crippen LogP contribution in [0.3, 0.4) is 0 Å². The van der Waals surface area contributed by atoms with Crippen LogP contribution in [0.1, 0.15) is 5.56 Å². The Morgan fingerprint density at radius 2 is 1.67 bits per heavy atom. The number of fused-ring (bicyclic) bond motifs is 1. The summed E-state index contributed by atoms with van der Waals surface area (Å²) in [4.78, 5) is 0. The van der Waals surface area contributed by atoms with E-state index in [0.29, 0.717) is 6.54 Å². The second-order valence-electron chi connectivity index (χ2n) is 4.87. The minimum absolute atomic E-state index is 0.462. The van der Waals surface area contributed by atoms with Gasteiger partial charge in [0.2, 0.25) is 0 Å². The molecule has 0 aliphatic carbocycles. The third-order valence-corrected chi connectivity index (χ3v) is 4.02. The molecule has 0 atom stereocenters. The van der Waals surface area contributed by atoms with E-state index in [2.05, 4.69) is 12.1 Å². The quantitative estimate of drug-likeness (QED) is 0.765. The van der Waals surface area contributed by atoms with Gasteiger partial charge in [0.25, 0.3) is 0 Å². The van der Waals surface area contributed by atoms with Gasteiger partial charge >= 0.3 is 0 Å². The number of methoxy groups -OCH3 is 1. The lowest BCUT2D eigenvalue weighted by atomic mass is 9.94. The summed E-state index contributed by atoms with van der Waals surface area (Å²) in [7, 11) is 1.66. The molecule has 0 aliphatic rings. The van der Waals surface area contributed by atoms with Gasteiger partial charge in [-0.15, -0.1) is 0 Å². The van der Waals surface area contributed by atoms with Gasteiger partial charge in [0.1, 0.15) is 5.75 Å². The fraction of sp³-hybridized carbons (Fsp3) is 0.111. The zero-order valence-electron chi connectivity index (χ0n) is 11.8. The van der Waals surface area contributed by atoms with Crippen molar-refractivity contribution in [2.45, 2.75) is 6.54 Å². The Balaban J connectivity index is 2.28. The molecule has 0 radical (unpaired) electrons. The number of rotatable bonds is 3. The van der Waals surface area contributed by atoms with E-state index in [1.807, 2.05) is 42.5 Å². The van der Waals surface area contributed by atoms with Crippen molar-refractivity contribution >= 4 is 22.4 Å². The van der Waals surface area contributed by atoms with E-state index in [4.69, 9.17) is 22.1 Å². The van der Waals surface area contributed by atoms with Crippen molar-refractivity contribution in [3.8, 4) is 16.9 Å². The highest BCUT2D eigenvalue weighted by Crippen LogP contribution is 2.35. The maximum Gasteiger partial charge on any atom is 0.119 e. The molecule has 3 aromatic rings. The molecule has 0 spiro atoms. The predicted octanol–water partition coefficient (Wildman–Crippen LogP) is 4.63. The first-order valence-corrected chi connectivity index (χ1v) is 7.17. The Hall–Kier alpha value is -2.03. The molecule has 2 N–H and O–H groups in total. The minimum Gasteiger partial charge on any atom is -0.497 e. The van der Waals surface area contributed by atoms with Crippen LogP contribution in [0.4, 0.5) is 0 Å². The largest absolute Gasteiger partial charge is 0.497 e. The van der Waals surface area contributed by atoms with Gasteiger partial charge in [-0.2, -0.15) is 0 Å². The van der Waals surface area contributed by atoms with Gasteiger partial charge < -0.3 is 10.5 Å². The highest BCUT2D eigenvalue weighted by molar-refractivity contribution is 6.36. The van der Waals surface area contributed by atoms with Crippen LogP contribution in [0, 0.1) is 0 Å². The van der Waals surface area contributed by atoms with Crippen LogP contribution in [0.2, 0.25) is 5.02 Å². The molecule has 0 heterocycles. The Bertz CT molecular complexity index is 798. The van der Waals surface area contributed by atoms with Crippen LogP contribution in [0.15, 0.2) is 54.6 Å². The van der Waals surface area contributed by atoms with Crippen LogP contribution >= 0.6 is 11.6 Å². The summed E-state index contributed by atoms with van der Waals surface area (Å²) in [6.45, 7) is 0.462. The molecular weight excluding hydrogens is 282 g/mol. The summed E-state index contributed by atoms with van der Waals surface area (Å²) in [5.74, 6) is 0.817. The molecule has 0 amide bonds. The molecule has 2 nitrogen and oxygen atoms in total. The van der Waals surface area contributed by atoms with Crippen molar-refractivity contribution in [2.75, 3.05) is 7.11 Å². The Morgan fingerprint density at radius 3 is 2.38 bits per heavy atom. The van der Waals surface area contributed by atoms with Crippen molar-refractivity contribution < 1.29 is 4.74 Å². The summed E-state index contributed by atoms with van der Waals surface area (Å²) in [5.41, 5.74) is 9.22. The fourth-order valence-electron chi connectivity index (χ4n) is 2.63. The molecule has 0 saturated carbocycles. The summed E-state index contributed by atoms with van der Waals surface area (Å²) in [5, 5.41) is 2.94. The molecule has 0 fully saturated rings. The minimum atomic E-state index is 0.462. The second kappa shape index (κ2) is 5.76. The number of hydrogen-bond acceptors (Lipinski definition) is 2. The molecule has 3 aromatic carbocycles. The van der Waals surface area contributed by atoms with Crippen molar-refractivity contribution in [1.29, 1.82) is 0 Å². The SMILES string of the molecule is COc1ccc(-c2ccc(Cl)c3ccccc23)c(CN)c1. The summed E-state index contributed by atoms with van der Waals surface area (Å²) >= 11 is 6.29. The van der Waals surface area contributed by atoms with Crippen LogP contribution in [0.5, 0.6) is 5.75 Å². The number of ether oxygens (including phenoxy) is 1. The van der Waals surface area contributed by atoms with Gasteiger partial charge in [-0.25, -0.2) is 0 Å². The Morgan fingerprint density at radius 1 is 0.952 bits per heavy atom. The maximum absolute atomic E-state index is 6.29. The molecule has 0 unspecified atom stereocenters. The lowest BCUT2D eigenvalue weighted by Gasteiger charge is -2.13. The predicted molar refractivity (Wildman–Crippen MR) is 88.8 cm³/mol. The molecule has 0 bridgehead atoms. The number of nitrogens with two attached hydrogens (primary N) is 1. The smallest absolute Gasteiger partial charge is 0.119 e. The average Bonchev–Trinajstić information content (AvgIpc) is 2.55. The molecule has 3 rings (SSSR count). The van der Waals surface area contributed by atoms with Crippen molar-refractivity contribution in [3.63, 3.8) is 0 Å². The van der Waals surface area contributed by atoms with Crippen molar-refractivity contribution in [1.82, 2.24) is 0 Å². The van der Waals surface area contributed by atoms with E-state index < -0.39 is 0 Å². The third kappa shape index (κ3) is 2.48. The second-order valence-corrected chi connectivity index (χ2v) is 5.27. The Labute approximate surface area is 129 Å². The lowest BCUT2D eigenvalue weighted by molar-refractivity contribution is 0.414. The molecule has 0 saturated heterocycles. The van der Waals surface area contributed by atoms with E-state index in [-0.39, 0.29) is 0 Å². The number of benzene rings is 3. The van der Waals surface area contributed by atoms with Gasteiger partial charge in [0.15, 0.2) is 0 Å². The first-order valence-electron chi connectivity index (χ1n) is 6.79. The van der Waals surface area contributed by atoms with E-state index in [1.54, 1.807) is 7.11 Å². The van der Waals surface area contributed by atoms with Gasteiger partial charge in [-0.3, -0.25) is 0 Å². The van der Waals surface area contributed by atoms with Gasteiger partial charge in [0.05, 0.1) is 7.11 Å². The normalized spacial score (nSPS) is 10.8. The molecule has 3 heteroatoms.